The van der Waals surface area contributed by atoms with Crippen molar-refractivity contribution in [2.24, 2.45) is 10.8 Å². The molecule has 2 N–H and O–H groups in total. The first-order chi connectivity index (χ1) is 22.4. The topological polar surface area (TPSA) is 74.6 Å². The third kappa shape index (κ3) is 12.9. The van der Waals surface area contributed by atoms with E-state index in [0.29, 0.717) is 11.1 Å². The van der Waals surface area contributed by atoms with Crippen LogP contribution in [-0.2, 0) is 9.59 Å². The smallest absolute Gasteiger partial charge is 0.328 e. The number of carbonyl (C=O) groups is 2. The molecule has 2 aliphatic carbocycles. The molecule has 0 atom stereocenters. The molecule has 48 heavy (non-hydrogen) atoms. The van der Waals surface area contributed by atoms with Crippen molar-refractivity contribution < 1.29 is 19.8 Å². The van der Waals surface area contributed by atoms with E-state index in [1.165, 1.54) is 60.1 Å². The molecule has 0 amide bonds. The summed E-state index contributed by atoms with van der Waals surface area (Å²) in [6.45, 7) is 21.0. The maximum absolute atomic E-state index is 10.7. The first-order valence-corrected chi connectivity index (χ1v) is 16.8. The van der Waals surface area contributed by atoms with E-state index in [1.807, 2.05) is 62.4 Å². The Kier molecular flexibility index (Phi) is 15.0. The van der Waals surface area contributed by atoms with Crippen molar-refractivity contribution >= 4 is 18.0 Å². The van der Waals surface area contributed by atoms with Crippen LogP contribution in [0.2, 0.25) is 0 Å². The molecule has 254 valence electrons. The zero-order chi connectivity index (χ0) is 36.1. The normalized spacial score (nSPS) is 18.3. The lowest BCUT2D eigenvalue weighted by molar-refractivity contribution is -0.132. The van der Waals surface area contributed by atoms with E-state index in [4.69, 9.17) is 10.2 Å². The second-order valence-electron chi connectivity index (χ2n) is 14.3. The molecule has 0 spiro atoms. The molecular formula is C44H54O4. The Bertz CT molecular complexity index is 1720. The van der Waals surface area contributed by atoms with Gasteiger partial charge in [0.15, 0.2) is 0 Å². The van der Waals surface area contributed by atoms with Gasteiger partial charge in [-0.15, -0.1) is 0 Å². The van der Waals surface area contributed by atoms with E-state index in [1.54, 1.807) is 13.8 Å². The molecular weight excluding hydrogens is 592 g/mol. The number of allylic oxidation sites excluding steroid dienone is 11. The number of carboxylic acids is 2. The van der Waals surface area contributed by atoms with Crippen molar-refractivity contribution in [3.8, 4) is 23.7 Å². The van der Waals surface area contributed by atoms with Crippen LogP contribution < -0.4 is 0 Å². The summed E-state index contributed by atoms with van der Waals surface area (Å²) in [5.41, 5.74) is 11.1. The molecule has 0 aliphatic heterocycles. The Labute approximate surface area is 289 Å². The lowest BCUT2D eigenvalue weighted by Crippen LogP contribution is -2.19. The SMILES string of the molecule is CC1=C(C#C\C(C)=C(C)/C=C/C(C)=C/C(=O)O)C(C)(C)CCC1.CC1=C(C#Cc2ccccc2/C=C/C(C)=C/C(=O)O)C(C)(C)CCC1. The predicted molar refractivity (Wildman–Crippen MR) is 201 cm³/mol. The molecule has 4 nitrogen and oxygen atoms in total. The Morgan fingerprint density at radius 1 is 0.708 bits per heavy atom. The maximum atomic E-state index is 10.7. The second-order valence-corrected chi connectivity index (χ2v) is 14.3. The van der Waals surface area contributed by atoms with Crippen LogP contribution in [0.15, 0.2) is 99.2 Å². The molecule has 2 aliphatic rings. The van der Waals surface area contributed by atoms with E-state index in [2.05, 4.69) is 65.2 Å². The van der Waals surface area contributed by atoms with Crippen molar-refractivity contribution in [2.75, 3.05) is 0 Å². The van der Waals surface area contributed by atoms with Gasteiger partial charge in [0, 0.05) is 34.4 Å². The van der Waals surface area contributed by atoms with E-state index in [0.717, 1.165) is 35.1 Å². The molecule has 0 fully saturated rings. The van der Waals surface area contributed by atoms with Gasteiger partial charge in [0.05, 0.1) is 0 Å². The van der Waals surface area contributed by atoms with Crippen LogP contribution in [0, 0.1) is 34.5 Å². The highest BCUT2D eigenvalue weighted by Gasteiger charge is 2.28. The molecule has 0 aromatic heterocycles. The largest absolute Gasteiger partial charge is 0.478 e. The average molecular weight is 647 g/mol. The fraction of sp³-hybridized carbons (Fsp3) is 0.409. The highest BCUT2D eigenvalue weighted by atomic mass is 16.4. The lowest BCUT2D eigenvalue weighted by atomic mass is 9.73. The Hall–Kier alpha value is -4.54. The first-order valence-electron chi connectivity index (χ1n) is 16.8. The molecule has 4 heteroatoms. The van der Waals surface area contributed by atoms with Gasteiger partial charge >= 0.3 is 11.9 Å². The van der Waals surface area contributed by atoms with Crippen molar-refractivity contribution in [3.05, 3.63) is 110 Å². The summed E-state index contributed by atoms with van der Waals surface area (Å²) >= 11 is 0. The predicted octanol–water partition coefficient (Wildman–Crippen LogP) is 11.0. The van der Waals surface area contributed by atoms with Gasteiger partial charge in [-0.25, -0.2) is 9.59 Å². The quantitative estimate of drug-likeness (QED) is 0.183. The lowest BCUT2D eigenvalue weighted by Gasteiger charge is -2.31. The monoisotopic (exact) mass is 646 g/mol. The minimum absolute atomic E-state index is 0.140. The van der Waals surface area contributed by atoms with Gasteiger partial charge < -0.3 is 10.2 Å². The highest BCUT2D eigenvalue weighted by molar-refractivity contribution is 5.82. The molecule has 0 heterocycles. The number of rotatable bonds is 6. The summed E-state index contributed by atoms with van der Waals surface area (Å²) in [6.07, 6.45) is 17.0. The Morgan fingerprint density at radius 2 is 1.21 bits per heavy atom. The van der Waals surface area contributed by atoms with Gasteiger partial charge in [-0.3, -0.25) is 0 Å². The molecule has 1 aromatic rings. The van der Waals surface area contributed by atoms with Crippen LogP contribution >= 0.6 is 0 Å². The minimum Gasteiger partial charge on any atom is -0.478 e. The van der Waals surface area contributed by atoms with Crippen molar-refractivity contribution in [2.45, 2.75) is 108 Å². The molecule has 0 saturated heterocycles. The van der Waals surface area contributed by atoms with Gasteiger partial charge in [-0.05, 0) is 119 Å². The molecule has 1 aromatic carbocycles. The number of carboxylic acid groups (broad SMARTS) is 2. The van der Waals surface area contributed by atoms with Gasteiger partial charge in [0.1, 0.15) is 0 Å². The van der Waals surface area contributed by atoms with E-state index in [-0.39, 0.29) is 10.8 Å². The van der Waals surface area contributed by atoms with Crippen LogP contribution in [0.4, 0.5) is 0 Å². The maximum Gasteiger partial charge on any atom is 0.328 e. The Morgan fingerprint density at radius 3 is 1.73 bits per heavy atom. The number of benzene rings is 1. The summed E-state index contributed by atoms with van der Waals surface area (Å²) in [4.78, 5) is 21.3. The summed E-state index contributed by atoms with van der Waals surface area (Å²) in [7, 11) is 0. The minimum atomic E-state index is -0.933. The van der Waals surface area contributed by atoms with Gasteiger partial charge in [-0.2, -0.15) is 0 Å². The zero-order valence-corrected chi connectivity index (χ0v) is 30.7. The second kappa shape index (κ2) is 18.1. The third-order valence-corrected chi connectivity index (χ3v) is 8.99. The van der Waals surface area contributed by atoms with Crippen molar-refractivity contribution in [1.82, 2.24) is 0 Å². The van der Waals surface area contributed by atoms with Crippen LogP contribution in [0.25, 0.3) is 6.08 Å². The van der Waals surface area contributed by atoms with Crippen LogP contribution in [-0.4, -0.2) is 22.2 Å². The average Bonchev–Trinajstić information content (AvgIpc) is 2.97. The zero-order valence-electron chi connectivity index (χ0n) is 30.7. The summed E-state index contributed by atoms with van der Waals surface area (Å²) < 4.78 is 0. The third-order valence-electron chi connectivity index (χ3n) is 8.99. The number of hydrogen-bond donors (Lipinski definition) is 2. The van der Waals surface area contributed by atoms with Crippen LogP contribution in [0.1, 0.15) is 119 Å². The van der Waals surface area contributed by atoms with Gasteiger partial charge in [0.2, 0.25) is 0 Å². The summed E-state index contributed by atoms with van der Waals surface area (Å²) in [5, 5.41) is 17.5. The van der Waals surface area contributed by atoms with E-state index in [9.17, 15) is 9.59 Å². The van der Waals surface area contributed by atoms with Crippen molar-refractivity contribution in [3.63, 3.8) is 0 Å². The molecule has 3 rings (SSSR count). The van der Waals surface area contributed by atoms with Crippen LogP contribution in [0.5, 0.6) is 0 Å². The fourth-order valence-corrected chi connectivity index (χ4v) is 6.03. The van der Waals surface area contributed by atoms with E-state index >= 15 is 0 Å². The van der Waals surface area contributed by atoms with Gasteiger partial charge in [-0.1, -0.05) is 105 Å². The molecule has 0 unspecified atom stereocenters. The number of aliphatic carboxylic acids is 2. The Balaban J connectivity index is 0.000000335. The van der Waals surface area contributed by atoms with Crippen LogP contribution in [0.3, 0.4) is 0 Å². The first kappa shape index (κ1) is 39.6. The standard InChI is InChI=1S/C23H26O2.C21H28O2/c1-17(16-22(24)25)11-12-19-9-5-6-10-20(19)13-14-21-18(2)8-7-15-23(21,3)4;1-15(14-20(22)23)9-10-16(2)17(3)11-12-19-18(4)8-7-13-21(19,5)6/h5-6,9-12,16H,7-8,15H2,1-4H3,(H,24,25);9-10,14H,7-8,13H2,1-6H3,(H,22,23)/b12-11+,17-16+;10-9+,15-14+,17-16-. The molecule has 0 bridgehead atoms. The summed E-state index contributed by atoms with van der Waals surface area (Å²) in [5.74, 6) is 11.6. The van der Waals surface area contributed by atoms with Crippen molar-refractivity contribution in [1.29, 1.82) is 0 Å². The number of hydrogen-bond acceptors (Lipinski definition) is 2. The highest BCUT2D eigenvalue weighted by Crippen LogP contribution is 2.40. The summed E-state index contributed by atoms with van der Waals surface area (Å²) in [6, 6.07) is 7.96. The molecule has 0 saturated carbocycles. The van der Waals surface area contributed by atoms with E-state index < -0.39 is 11.9 Å². The molecule has 0 radical (unpaired) electrons. The van der Waals surface area contributed by atoms with Gasteiger partial charge in [0.25, 0.3) is 0 Å². The fourth-order valence-electron chi connectivity index (χ4n) is 6.03.